The van der Waals surface area contributed by atoms with Crippen LogP contribution in [-0.4, -0.2) is 57.9 Å². The Kier molecular flexibility index (Phi) is 9.22. The van der Waals surface area contributed by atoms with Crippen molar-refractivity contribution < 1.29 is 37.7 Å². The van der Waals surface area contributed by atoms with Crippen LogP contribution in [0.5, 0.6) is 11.5 Å². The van der Waals surface area contributed by atoms with E-state index in [4.69, 9.17) is 9.47 Å². The molecule has 44 heavy (non-hydrogen) atoms. The Balaban J connectivity index is 1.87. The van der Waals surface area contributed by atoms with Crippen LogP contribution in [0.25, 0.3) is 10.8 Å². The molecule has 0 atom stereocenters. The first-order valence-corrected chi connectivity index (χ1v) is 14.4. The number of anilines is 2. The van der Waals surface area contributed by atoms with Crippen molar-refractivity contribution in [2.45, 2.75) is 11.4 Å². The van der Waals surface area contributed by atoms with Crippen LogP contribution >= 0.6 is 0 Å². The maximum Gasteiger partial charge on any atom is 0.324 e. The lowest BCUT2D eigenvalue weighted by molar-refractivity contribution is -0.136. The van der Waals surface area contributed by atoms with Crippen LogP contribution in [0.3, 0.4) is 0 Å². The van der Waals surface area contributed by atoms with Crippen LogP contribution in [-0.2, 0) is 26.2 Å². The van der Waals surface area contributed by atoms with Crippen LogP contribution in [0.1, 0.15) is 16.7 Å². The molecule has 0 unspecified atom stereocenters. The number of rotatable bonds is 12. The lowest BCUT2D eigenvalue weighted by atomic mass is 10.0. The quantitative estimate of drug-likeness (QED) is 0.236. The second-order valence-electron chi connectivity index (χ2n) is 9.42. The summed E-state index contributed by atoms with van der Waals surface area (Å²) in [5.74, 6) is -2.02. The molecular formula is C31H26N4O8S. The van der Waals surface area contributed by atoms with E-state index in [1.54, 1.807) is 47.4 Å². The molecule has 0 aromatic heterocycles. The summed E-state index contributed by atoms with van der Waals surface area (Å²) in [7, 11) is -1.75. The predicted octanol–water partition coefficient (Wildman–Crippen LogP) is 3.97. The van der Waals surface area contributed by atoms with E-state index in [1.807, 2.05) is 6.07 Å². The van der Waals surface area contributed by atoms with Crippen LogP contribution in [0.4, 0.5) is 11.4 Å². The highest BCUT2D eigenvalue weighted by Gasteiger charge is 2.30. The molecule has 0 saturated carbocycles. The van der Waals surface area contributed by atoms with Crippen molar-refractivity contribution >= 4 is 44.1 Å². The minimum atomic E-state index is -4.52. The highest BCUT2D eigenvalue weighted by molar-refractivity contribution is 7.92. The number of nitriles is 2. The lowest BCUT2D eigenvalue weighted by Crippen LogP contribution is -2.36. The Labute approximate surface area is 253 Å². The highest BCUT2D eigenvalue weighted by Crippen LogP contribution is 2.38. The Morgan fingerprint density at radius 1 is 0.773 bits per heavy atom. The molecule has 0 aliphatic carbocycles. The summed E-state index contributed by atoms with van der Waals surface area (Å²) in [5, 5.41) is 39.2. The van der Waals surface area contributed by atoms with E-state index < -0.39 is 35.1 Å². The van der Waals surface area contributed by atoms with Crippen molar-refractivity contribution in [1.82, 2.24) is 0 Å². The molecule has 0 aliphatic heterocycles. The number of nitrogens with zero attached hydrogens (tertiary/aromatic N) is 4. The molecule has 0 radical (unpaired) electrons. The van der Waals surface area contributed by atoms with Crippen LogP contribution in [0.15, 0.2) is 77.7 Å². The predicted molar refractivity (Wildman–Crippen MR) is 160 cm³/mol. The normalized spacial score (nSPS) is 10.8. The van der Waals surface area contributed by atoms with Crippen LogP contribution in [0.2, 0.25) is 0 Å². The van der Waals surface area contributed by atoms with Crippen molar-refractivity contribution in [2.75, 3.05) is 36.5 Å². The Hall–Kier alpha value is -5.79. The number of hydrogen-bond donors (Lipinski definition) is 2. The lowest BCUT2D eigenvalue weighted by Gasteiger charge is -2.28. The van der Waals surface area contributed by atoms with E-state index in [1.165, 1.54) is 38.5 Å². The van der Waals surface area contributed by atoms with Gasteiger partial charge in [-0.05, 0) is 48.0 Å². The van der Waals surface area contributed by atoms with Gasteiger partial charge in [0.2, 0.25) is 0 Å². The molecule has 0 fully saturated rings. The molecule has 4 aromatic carbocycles. The molecule has 0 bridgehead atoms. The van der Waals surface area contributed by atoms with Crippen molar-refractivity contribution in [3.05, 3.63) is 89.5 Å². The van der Waals surface area contributed by atoms with Crippen molar-refractivity contribution in [3.63, 3.8) is 0 Å². The fourth-order valence-corrected chi connectivity index (χ4v) is 6.26. The number of hydrogen-bond acceptors (Lipinski definition) is 9. The average Bonchev–Trinajstić information content (AvgIpc) is 3.02. The average molecular weight is 615 g/mol. The van der Waals surface area contributed by atoms with E-state index in [9.17, 15) is 38.7 Å². The fraction of sp³-hybridized carbons (Fsp3) is 0.161. The van der Waals surface area contributed by atoms with Crippen molar-refractivity contribution in [2.24, 2.45) is 0 Å². The standard InChI is InChI=1S/C31H26N4O8S/c1-42-28-11-7-20(13-21(28)15-32)17-34(18-30(36)37)26-9-10-27(25-6-4-3-5-24(25)26)35(19-31(38)39)44(40,41)23-8-12-29(43-2)22(14-23)16-33/h3-14H,17-19H2,1-2H3,(H,36,37)(H,38,39). The maximum absolute atomic E-state index is 13.9. The minimum absolute atomic E-state index is 0.0348. The van der Waals surface area contributed by atoms with Gasteiger partial charge < -0.3 is 24.6 Å². The number of methoxy groups -OCH3 is 2. The summed E-state index contributed by atoms with van der Waals surface area (Å²) in [6.45, 7) is -1.29. The third kappa shape index (κ3) is 6.33. The zero-order valence-electron chi connectivity index (χ0n) is 23.6. The number of fused-ring (bicyclic) bond motifs is 1. The van der Waals surface area contributed by atoms with Crippen molar-refractivity contribution in [3.8, 4) is 23.6 Å². The Bertz CT molecular complexity index is 1950. The number of benzene rings is 4. The number of ether oxygens (including phenoxy) is 2. The smallest absolute Gasteiger partial charge is 0.324 e. The second kappa shape index (κ2) is 13.0. The maximum atomic E-state index is 13.9. The van der Waals surface area contributed by atoms with Gasteiger partial charge in [0, 0.05) is 23.0 Å². The summed E-state index contributed by atoms with van der Waals surface area (Å²) >= 11 is 0. The molecule has 12 nitrogen and oxygen atoms in total. The Morgan fingerprint density at radius 2 is 1.32 bits per heavy atom. The number of carbonyl (C=O) groups is 2. The van der Waals surface area contributed by atoms with Gasteiger partial charge in [0.25, 0.3) is 10.0 Å². The number of carboxylic acids is 2. The largest absolute Gasteiger partial charge is 0.495 e. The summed E-state index contributed by atoms with van der Waals surface area (Å²) < 4.78 is 38.8. The van der Waals surface area contributed by atoms with Gasteiger partial charge in [0.1, 0.15) is 36.7 Å². The first-order valence-electron chi connectivity index (χ1n) is 12.9. The zero-order chi connectivity index (χ0) is 32.0. The molecule has 0 spiro atoms. The van der Waals surface area contributed by atoms with E-state index >= 15 is 0 Å². The van der Waals surface area contributed by atoms with Gasteiger partial charge >= 0.3 is 11.9 Å². The molecule has 0 heterocycles. The zero-order valence-corrected chi connectivity index (χ0v) is 24.4. The molecule has 0 amide bonds. The van der Waals surface area contributed by atoms with Crippen molar-refractivity contribution in [1.29, 1.82) is 10.5 Å². The number of aliphatic carboxylic acids is 2. The van der Waals surface area contributed by atoms with E-state index in [2.05, 4.69) is 6.07 Å². The van der Waals surface area contributed by atoms with Gasteiger partial charge in [-0.2, -0.15) is 10.5 Å². The number of carboxylic acid groups (broad SMARTS) is 2. The number of sulfonamides is 1. The van der Waals surface area contributed by atoms with Crippen LogP contribution in [0, 0.1) is 22.7 Å². The van der Waals surface area contributed by atoms with Gasteiger partial charge in [-0.3, -0.25) is 13.9 Å². The third-order valence-corrected chi connectivity index (χ3v) is 8.49. The molecule has 4 aromatic rings. The summed E-state index contributed by atoms with van der Waals surface area (Å²) in [6.07, 6.45) is 0. The summed E-state index contributed by atoms with van der Waals surface area (Å²) in [4.78, 5) is 25.1. The molecule has 224 valence electrons. The van der Waals surface area contributed by atoms with E-state index in [0.717, 1.165) is 10.4 Å². The monoisotopic (exact) mass is 614 g/mol. The van der Waals surface area contributed by atoms with E-state index in [-0.39, 0.29) is 34.0 Å². The fourth-order valence-electron chi connectivity index (χ4n) is 4.80. The molecule has 13 heteroatoms. The van der Waals surface area contributed by atoms with Gasteiger partial charge in [0.05, 0.1) is 35.9 Å². The van der Waals surface area contributed by atoms with Gasteiger partial charge in [0.15, 0.2) is 0 Å². The summed E-state index contributed by atoms with van der Waals surface area (Å²) in [6, 6.07) is 22.0. The van der Waals surface area contributed by atoms with E-state index in [0.29, 0.717) is 27.8 Å². The SMILES string of the molecule is COc1ccc(CN(CC(=O)O)c2ccc(N(CC(=O)O)S(=O)(=O)c3ccc(OC)c(C#N)c3)c3ccccc23)cc1C#N. The topological polar surface area (TPSA) is 181 Å². The van der Waals surface area contributed by atoms with Gasteiger partial charge in [-0.15, -0.1) is 0 Å². The first kappa shape index (κ1) is 31.2. The Morgan fingerprint density at radius 3 is 1.89 bits per heavy atom. The van der Waals surface area contributed by atoms with Gasteiger partial charge in [-0.25, -0.2) is 8.42 Å². The first-order chi connectivity index (χ1) is 21.0. The highest BCUT2D eigenvalue weighted by atomic mass is 32.2. The van der Waals surface area contributed by atoms with Gasteiger partial charge in [-0.1, -0.05) is 30.3 Å². The molecule has 4 rings (SSSR count). The molecular weight excluding hydrogens is 588 g/mol. The second-order valence-corrected chi connectivity index (χ2v) is 11.3. The molecule has 0 saturated heterocycles. The van der Waals surface area contributed by atoms with Crippen LogP contribution < -0.4 is 18.7 Å². The minimum Gasteiger partial charge on any atom is -0.495 e. The third-order valence-electron chi connectivity index (χ3n) is 6.73. The molecule has 0 aliphatic rings. The molecule has 2 N–H and O–H groups in total. The summed E-state index contributed by atoms with van der Waals surface area (Å²) in [5.41, 5.74) is 1.32.